The fourth-order valence-electron chi connectivity index (χ4n) is 1.78. The molecule has 2 nitrogen and oxygen atoms in total. The van der Waals surface area contributed by atoms with Gasteiger partial charge in [-0.05, 0) is 83.7 Å². The lowest BCUT2D eigenvalue weighted by molar-refractivity contribution is 0.456. The Kier molecular flexibility index (Phi) is 4.55. The van der Waals surface area contributed by atoms with Gasteiger partial charge >= 0.3 is 0 Å². The number of hydrogen-bond donors (Lipinski definition) is 2. The van der Waals surface area contributed by atoms with Crippen molar-refractivity contribution in [2.75, 3.05) is 0 Å². The predicted octanol–water partition coefficient (Wildman–Crippen LogP) is 5.13. The molecule has 0 unspecified atom stereocenters. The number of aryl methyl sites for hydroxylation is 2. The Bertz CT molecular complexity index is 594. The zero-order valence-corrected chi connectivity index (χ0v) is 13.7. The summed E-state index contributed by atoms with van der Waals surface area (Å²) in [6.07, 6.45) is 0. The molecule has 0 atom stereocenters. The summed E-state index contributed by atoms with van der Waals surface area (Å²) in [7, 11) is 2.92. The molecule has 0 saturated heterocycles. The highest BCUT2D eigenvalue weighted by Crippen LogP contribution is 2.46. The highest BCUT2D eigenvalue weighted by Gasteiger charge is 2.11. The minimum absolute atomic E-state index is 0.325. The first kappa shape index (κ1) is 15.1. The Labute approximate surface area is 127 Å². The summed E-state index contributed by atoms with van der Waals surface area (Å²) in [5.74, 6) is 0.650. The lowest BCUT2D eigenvalue weighted by Crippen LogP contribution is -1.84. The van der Waals surface area contributed by atoms with Crippen molar-refractivity contribution in [3.63, 3.8) is 0 Å². The molecule has 0 amide bonds. The Morgan fingerprint density at radius 3 is 1.35 bits per heavy atom. The van der Waals surface area contributed by atoms with Crippen LogP contribution in [0.25, 0.3) is 0 Å². The van der Waals surface area contributed by atoms with E-state index >= 15 is 0 Å². The standard InChI is InChI=1S/C16H18O2S2/c1-9-5-7-13(15(17)11(9)3)19-20-14-8-6-10(2)12(4)16(14)18/h5-8,17-18H,1-4H3. The van der Waals surface area contributed by atoms with Gasteiger partial charge in [0.05, 0.1) is 9.79 Å². The summed E-state index contributed by atoms with van der Waals surface area (Å²) in [5, 5.41) is 20.3. The van der Waals surface area contributed by atoms with Gasteiger partial charge < -0.3 is 10.2 Å². The molecule has 0 aliphatic rings. The molecule has 0 bridgehead atoms. The smallest absolute Gasteiger partial charge is 0.133 e. The molecule has 0 heterocycles. The third-order valence-corrected chi connectivity index (χ3v) is 5.98. The maximum absolute atomic E-state index is 10.1. The molecule has 0 fully saturated rings. The summed E-state index contributed by atoms with van der Waals surface area (Å²) >= 11 is 0. The second kappa shape index (κ2) is 6.02. The zero-order valence-electron chi connectivity index (χ0n) is 12.0. The van der Waals surface area contributed by atoms with E-state index < -0.39 is 0 Å². The lowest BCUT2D eigenvalue weighted by Gasteiger charge is -2.11. The minimum atomic E-state index is 0.325. The molecule has 2 rings (SSSR count). The molecule has 2 aromatic rings. The first-order valence-electron chi connectivity index (χ1n) is 6.34. The number of phenols is 2. The van der Waals surface area contributed by atoms with Crippen LogP contribution in [0.4, 0.5) is 0 Å². The SMILES string of the molecule is Cc1ccc(SSc2ccc(C)c(C)c2O)c(O)c1C. The van der Waals surface area contributed by atoms with E-state index in [-0.39, 0.29) is 0 Å². The quantitative estimate of drug-likeness (QED) is 0.771. The summed E-state index contributed by atoms with van der Waals surface area (Å²) in [6.45, 7) is 7.78. The molecular formula is C16H18O2S2. The van der Waals surface area contributed by atoms with E-state index in [0.717, 1.165) is 32.0 Å². The van der Waals surface area contributed by atoms with E-state index in [1.165, 1.54) is 21.6 Å². The van der Waals surface area contributed by atoms with Crippen LogP contribution in [0.15, 0.2) is 34.1 Å². The Hall–Kier alpha value is -1.26. The van der Waals surface area contributed by atoms with Crippen molar-refractivity contribution in [1.29, 1.82) is 0 Å². The fourth-order valence-corrected chi connectivity index (χ4v) is 4.01. The summed E-state index contributed by atoms with van der Waals surface area (Å²) in [5.41, 5.74) is 3.96. The largest absolute Gasteiger partial charge is 0.506 e. The molecule has 0 radical (unpaired) electrons. The van der Waals surface area contributed by atoms with Gasteiger partial charge in [0.15, 0.2) is 0 Å². The summed E-state index contributed by atoms with van der Waals surface area (Å²) in [4.78, 5) is 1.63. The lowest BCUT2D eigenvalue weighted by atomic mass is 10.1. The fraction of sp³-hybridized carbons (Fsp3) is 0.250. The second-order valence-corrected chi connectivity index (χ2v) is 7.09. The zero-order chi connectivity index (χ0) is 14.9. The van der Waals surface area contributed by atoms with Gasteiger partial charge in [-0.3, -0.25) is 0 Å². The highest BCUT2D eigenvalue weighted by atomic mass is 33.1. The molecule has 0 spiro atoms. The van der Waals surface area contributed by atoms with Crippen LogP contribution in [-0.2, 0) is 0 Å². The molecule has 0 saturated carbocycles. The monoisotopic (exact) mass is 306 g/mol. The van der Waals surface area contributed by atoms with Gasteiger partial charge in [0.1, 0.15) is 11.5 Å². The average Bonchev–Trinajstić information content (AvgIpc) is 2.43. The van der Waals surface area contributed by atoms with E-state index in [9.17, 15) is 10.2 Å². The van der Waals surface area contributed by atoms with Gasteiger partial charge in [0, 0.05) is 0 Å². The number of phenolic OH excluding ortho intramolecular Hbond substituents is 2. The maximum Gasteiger partial charge on any atom is 0.133 e. The number of rotatable bonds is 3. The van der Waals surface area contributed by atoms with Crippen molar-refractivity contribution in [2.45, 2.75) is 37.5 Å². The normalized spacial score (nSPS) is 10.8. The molecular weight excluding hydrogens is 288 g/mol. The van der Waals surface area contributed by atoms with Gasteiger partial charge in [-0.1, -0.05) is 12.1 Å². The average molecular weight is 306 g/mol. The van der Waals surface area contributed by atoms with Crippen molar-refractivity contribution in [1.82, 2.24) is 0 Å². The molecule has 2 N–H and O–H groups in total. The predicted molar refractivity (Wildman–Crippen MR) is 86.9 cm³/mol. The van der Waals surface area contributed by atoms with Crippen LogP contribution in [-0.4, -0.2) is 10.2 Å². The van der Waals surface area contributed by atoms with Gasteiger partial charge in [0.25, 0.3) is 0 Å². The molecule has 0 aliphatic heterocycles. The van der Waals surface area contributed by atoms with Crippen LogP contribution in [0.1, 0.15) is 22.3 Å². The topological polar surface area (TPSA) is 40.5 Å². The van der Waals surface area contributed by atoms with E-state index in [1.54, 1.807) is 0 Å². The number of benzene rings is 2. The van der Waals surface area contributed by atoms with E-state index in [4.69, 9.17) is 0 Å². The van der Waals surface area contributed by atoms with Crippen LogP contribution in [0.2, 0.25) is 0 Å². The van der Waals surface area contributed by atoms with Crippen molar-refractivity contribution in [3.05, 3.63) is 46.5 Å². The van der Waals surface area contributed by atoms with Crippen molar-refractivity contribution >= 4 is 21.6 Å². The van der Waals surface area contributed by atoms with Gasteiger partial charge in [-0.15, -0.1) is 0 Å². The first-order valence-corrected chi connectivity index (χ1v) is 8.49. The molecule has 0 aromatic heterocycles. The van der Waals surface area contributed by atoms with Gasteiger partial charge in [-0.2, -0.15) is 0 Å². The second-order valence-electron chi connectivity index (χ2n) is 4.88. The maximum atomic E-state index is 10.1. The van der Waals surface area contributed by atoms with Crippen LogP contribution >= 0.6 is 21.6 Å². The molecule has 4 heteroatoms. The number of aromatic hydroxyl groups is 2. The van der Waals surface area contributed by atoms with E-state index in [2.05, 4.69) is 0 Å². The third kappa shape index (κ3) is 2.91. The van der Waals surface area contributed by atoms with Crippen molar-refractivity contribution in [3.8, 4) is 11.5 Å². The highest BCUT2D eigenvalue weighted by molar-refractivity contribution is 8.76. The van der Waals surface area contributed by atoms with Crippen molar-refractivity contribution in [2.24, 2.45) is 0 Å². The molecule has 2 aromatic carbocycles. The van der Waals surface area contributed by atoms with Crippen LogP contribution in [0.5, 0.6) is 11.5 Å². The Balaban J connectivity index is 2.22. The first-order chi connectivity index (χ1) is 9.41. The van der Waals surface area contributed by atoms with Crippen LogP contribution in [0.3, 0.4) is 0 Å². The minimum Gasteiger partial charge on any atom is -0.506 e. The summed E-state index contributed by atoms with van der Waals surface area (Å²) < 4.78 is 0. The third-order valence-electron chi connectivity index (χ3n) is 3.55. The Morgan fingerprint density at radius 2 is 1.00 bits per heavy atom. The molecule has 0 aliphatic carbocycles. The number of hydrogen-bond acceptors (Lipinski definition) is 4. The van der Waals surface area contributed by atoms with Crippen LogP contribution in [0, 0.1) is 27.7 Å². The molecule has 20 heavy (non-hydrogen) atoms. The van der Waals surface area contributed by atoms with Gasteiger partial charge in [-0.25, -0.2) is 0 Å². The molecule has 106 valence electrons. The summed E-state index contributed by atoms with van der Waals surface area (Å²) in [6, 6.07) is 7.82. The van der Waals surface area contributed by atoms with E-state index in [0.29, 0.717) is 11.5 Å². The van der Waals surface area contributed by atoms with Gasteiger partial charge in [0.2, 0.25) is 0 Å². The van der Waals surface area contributed by atoms with Crippen molar-refractivity contribution < 1.29 is 10.2 Å². The Morgan fingerprint density at radius 1 is 0.650 bits per heavy atom. The van der Waals surface area contributed by atoms with E-state index in [1.807, 2.05) is 52.0 Å². The van der Waals surface area contributed by atoms with Crippen LogP contribution < -0.4 is 0 Å².